The molecule has 0 bridgehead atoms. The Morgan fingerprint density at radius 2 is 1.92 bits per heavy atom. The van der Waals surface area contributed by atoms with Crippen LogP contribution in [0.4, 0.5) is 0 Å². The maximum absolute atomic E-state index is 10.3. The van der Waals surface area contributed by atoms with Gasteiger partial charge in [0.15, 0.2) is 0 Å². The van der Waals surface area contributed by atoms with Crippen LogP contribution in [0.1, 0.15) is 12.8 Å². The van der Waals surface area contributed by atoms with Crippen LogP contribution in [-0.4, -0.2) is 54.5 Å². The van der Waals surface area contributed by atoms with E-state index in [0.29, 0.717) is 6.54 Å². The Balaban J connectivity index is 2.28. The van der Waals surface area contributed by atoms with Crippen LogP contribution < -0.4 is 0 Å². The van der Waals surface area contributed by atoms with Crippen molar-refractivity contribution < 1.29 is 18.1 Å². The van der Waals surface area contributed by atoms with E-state index in [4.69, 9.17) is 0 Å². The number of rotatable bonds is 4. The first-order valence-corrected chi connectivity index (χ1v) is 5.89. The van der Waals surface area contributed by atoms with Crippen LogP contribution >= 0.6 is 0 Å². The van der Waals surface area contributed by atoms with Gasteiger partial charge in [-0.25, -0.2) is 8.42 Å². The number of hydrogen-bond donors (Lipinski definition) is 1. The molecule has 1 heterocycles. The van der Waals surface area contributed by atoms with E-state index in [0.717, 1.165) is 25.9 Å². The van der Waals surface area contributed by atoms with Gasteiger partial charge >= 0.3 is 0 Å². The van der Waals surface area contributed by atoms with Gasteiger partial charge in [-0.1, -0.05) is 0 Å². The summed E-state index contributed by atoms with van der Waals surface area (Å²) in [6.45, 7) is 2.06. The molecule has 13 heavy (non-hydrogen) atoms. The summed E-state index contributed by atoms with van der Waals surface area (Å²) in [5.74, 6) is -0.677. The molecule has 78 valence electrons. The number of aliphatic hydroxyl groups excluding tert-OH is 1. The van der Waals surface area contributed by atoms with Gasteiger partial charge in [0.1, 0.15) is 0 Å². The molecule has 0 amide bonds. The average molecular weight is 208 g/mol. The minimum absolute atomic E-state index is 0.293. The Morgan fingerprint density at radius 1 is 1.38 bits per heavy atom. The molecule has 1 N–H and O–H groups in total. The van der Waals surface area contributed by atoms with Gasteiger partial charge < -0.3 is 14.6 Å². The average Bonchev–Trinajstić information content (AvgIpc) is 2.34. The van der Waals surface area contributed by atoms with Crippen molar-refractivity contribution in [1.82, 2.24) is 4.90 Å². The van der Waals surface area contributed by atoms with Crippen molar-refractivity contribution in [2.45, 2.75) is 18.9 Å². The van der Waals surface area contributed by atoms with Gasteiger partial charge in [-0.3, -0.25) is 0 Å². The Hall–Kier alpha value is -0.170. The second kappa shape index (κ2) is 4.36. The summed E-state index contributed by atoms with van der Waals surface area (Å²) in [4.78, 5) is 1.97. The number of nitrogens with zero attached hydrogens (tertiary/aromatic N) is 1. The van der Waals surface area contributed by atoms with E-state index in [9.17, 15) is 18.1 Å². The summed E-state index contributed by atoms with van der Waals surface area (Å²) in [5.41, 5.74) is 0. The smallest absolute Gasteiger partial charge is 0.0972 e. The molecule has 6 heteroatoms. The van der Waals surface area contributed by atoms with Crippen LogP contribution in [0.3, 0.4) is 0 Å². The van der Waals surface area contributed by atoms with Gasteiger partial charge in [0, 0.05) is 6.54 Å². The molecule has 1 rings (SSSR count). The van der Waals surface area contributed by atoms with Crippen LogP contribution in [0.2, 0.25) is 0 Å². The van der Waals surface area contributed by atoms with Crippen LogP contribution in [-0.2, 0) is 10.1 Å². The molecule has 0 spiro atoms. The molecule has 0 aromatic heterocycles. The van der Waals surface area contributed by atoms with Crippen molar-refractivity contribution in [2.24, 2.45) is 0 Å². The van der Waals surface area contributed by atoms with E-state index in [1.165, 1.54) is 0 Å². The molecule has 1 aliphatic heterocycles. The highest BCUT2D eigenvalue weighted by Crippen LogP contribution is 2.07. The minimum Gasteiger partial charge on any atom is -0.748 e. The predicted molar refractivity (Wildman–Crippen MR) is 46.2 cm³/mol. The molecule has 0 radical (unpaired) electrons. The largest absolute Gasteiger partial charge is 0.748 e. The first-order valence-electron chi connectivity index (χ1n) is 4.31. The molecule has 0 saturated carbocycles. The SMILES string of the molecule is O=S(=O)([O-])CC(O)CN1CCCC1. The van der Waals surface area contributed by atoms with Gasteiger partial charge in [-0.05, 0) is 25.9 Å². The standard InChI is InChI=1S/C7H15NO4S/c9-7(6-13(10,11)12)5-8-3-1-2-4-8/h7,9H,1-6H2,(H,10,11,12)/p-1. The lowest BCUT2D eigenvalue weighted by Crippen LogP contribution is -2.34. The van der Waals surface area contributed by atoms with Crippen molar-refractivity contribution in [2.75, 3.05) is 25.4 Å². The van der Waals surface area contributed by atoms with E-state index in [-0.39, 0.29) is 0 Å². The van der Waals surface area contributed by atoms with Crippen LogP contribution in [0.25, 0.3) is 0 Å². The van der Waals surface area contributed by atoms with Gasteiger partial charge in [-0.2, -0.15) is 0 Å². The molecular formula is C7H14NO4S-. The zero-order valence-corrected chi connectivity index (χ0v) is 8.16. The summed E-state index contributed by atoms with van der Waals surface area (Å²) in [6.07, 6.45) is 1.12. The number of aliphatic hydroxyl groups is 1. The maximum atomic E-state index is 10.3. The summed E-state index contributed by atoms with van der Waals surface area (Å²) < 4.78 is 30.8. The first kappa shape index (κ1) is 10.9. The van der Waals surface area contributed by atoms with E-state index in [1.54, 1.807) is 0 Å². The third kappa shape index (κ3) is 4.56. The highest BCUT2D eigenvalue weighted by Gasteiger charge is 2.16. The summed E-state index contributed by atoms with van der Waals surface area (Å²) in [7, 11) is -4.29. The van der Waals surface area contributed by atoms with E-state index >= 15 is 0 Å². The van der Waals surface area contributed by atoms with Gasteiger partial charge in [-0.15, -0.1) is 0 Å². The van der Waals surface area contributed by atoms with Crippen molar-refractivity contribution in [3.8, 4) is 0 Å². The molecule has 1 saturated heterocycles. The Labute approximate surface area is 78.1 Å². The monoisotopic (exact) mass is 208 g/mol. The molecule has 1 unspecified atom stereocenters. The normalized spacial score (nSPS) is 22.0. The fourth-order valence-electron chi connectivity index (χ4n) is 1.55. The Morgan fingerprint density at radius 3 is 2.38 bits per heavy atom. The fourth-order valence-corrected chi connectivity index (χ4v) is 2.13. The van der Waals surface area contributed by atoms with Crippen molar-refractivity contribution in [3.63, 3.8) is 0 Å². The molecule has 1 aliphatic rings. The summed E-state index contributed by atoms with van der Waals surface area (Å²) in [5, 5.41) is 9.22. The van der Waals surface area contributed by atoms with E-state index in [1.807, 2.05) is 4.90 Å². The molecule has 0 aromatic carbocycles. The molecule has 0 aliphatic carbocycles. The minimum atomic E-state index is -4.29. The Bertz CT molecular complexity index is 245. The summed E-state index contributed by atoms with van der Waals surface area (Å²) in [6, 6.07) is 0. The number of hydrogen-bond acceptors (Lipinski definition) is 5. The van der Waals surface area contributed by atoms with Crippen LogP contribution in [0.15, 0.2) is 0 Å². The third-order valence-corrected chi connectivity index (χ3v) is 2.86. The quantitative estimate of drug-likeness (QED) is 0.599. The Kier molecular flexibility index (Phi) is 3.66. The topological polar surface area (TPSA) is 80.7 Å². The zero-order valence-electron chi connectivity index (χ0n) is 7.35. The van der Waals surface area contributed by atoms with Crippen molar-refractivity contribution in [3.05, 3.63) is 0 Å². The predicted octanol–water partition coefficient (Wildman–Crippen LogP) is -1.01. The van der Waals surface area contributed by atoms with Gasteiger partial charge in [0.2, 0.25) is 0 Å². The second-order valence-corrected chi connectivity index (χ2v) is 4.83. The summed E-state index contributed by atoms with van der Waals surface area (Å²) >= 11 is 0. The molecule has 5 nitrogen and oxygen atoms in total. The zero-order chi connectivity index (χ0) is 9.90. The highest BCUT2D eigenvalue weighted by atomic mass is 32.2. The van der Waals surface area contributed by atoms with E-state index in [2.05, 4.69) is 0 Å². The van der Waals surface area contributed by atoms with Crippen LogP contribution in [0, 0.1) is 0 Å². The first-order chi connectivity index (χ1) is 5.97. The van der Waals surface area contributed by atoms with Gasteiger partial charge in [0.05, 0.1) is 22.0 Å². The second-order valence-electron chi connectivity index (χ2n) is 3.39. The molecule has 0 aromatic rings. The van der Waals surface area contributed by atoms with E-state index < -0.39 is 22.0 Å². The van der Waals surface area contributed by atoms with Crippen molar-refractivity contribution >= 4 is 10.1 Å². The van der Waals surface area contributed by atoms with Crippen molar-refractivity contribution in [1.29, 1.82) is 0 Å². The lowest BCUT2D eigenvalue weighted by Gasteiger charge is -2.20. The maximum Gasteiger partial charge on any atom is 0.0972 e. The van der Waals surface area contributed by atoms with Gasteiger partial charge in [0.25, 0.3) is 0 Å². The lowest BCUT2D eigenvalue weighted by atomic mass is 10.4. The lowest BCUT2D eigenvalue weighted by molar-refractivity contribution is 0.141. The highest BCUT2D eigenvalue weighted by molar-refractivity contribution is 7.85. The molecule has 1 atom stereocenters. The molecule has 1 fully saturated rings. The molecular weight excluding hydrogens is 194 g/mol. The number of likely N-dealkylation sites (tertiary alicyclic amines) is 1. The number of β-amino-alcohol motifs (C(OH)–C–C–N with tert-alkyl or cyclic N) is 1. The third-order valence-electron chi connectivity index (χ3n) is 2.06. The van der Waals surface area contributed by atoms with Crippen LogP contribution in [0.5, 0.6) is 0 Å². The fraction of sp³-hybridized carbons (Fsp3) is 1.00.